The van der Waals surface area contributed by atoms with Crippen molar-refractivity contribution in [2.24, 2.45) is 0 Å². The van der Waals surface area contributed by atoms with Gasteiger partial charge in [-0.2, -0.15) is 0 Å². The largest absolute Gasteiger partial charge is 0.478 e. The normalized spacial score (nSPS) is 10.7. The van der Waals surface area contributed by atoms with E-state index in [2.05, 4.69) is 31.1 Å². The lowest BCUT2D eigenvalue weighted by Gasteiger charge is -2.08. The Hall–Kier alpha value is -2.48. The van der Waals surface area contributed by atoms with Crippen LogP contribution in [0.3, 0.4) is 0 Å². The number of carboxylic acids is 1. The first kappa shape index (κ1) is 12.5. The standard InChI is InChI=1S/C12H7BrN4O3/c13-8-2-1-7(12(18)19)5-9(8)20-11-10-16-15-6-17(10)4-3-14-11/h1-6H,(H,18,19). The SMILES string of the molecule is O=C(O)c1ccc(Br)c(Oc2nccn3cnnc23)c1. The third-order valence-corrected chi connectivity index (χ3v) is 3.22. The molecule has 0 unspecified atom stereocenters. The number of benzene rings is 1. The van der Waals surface area contributed by atoms with Gasteiger partial charge in [-0.05, 0) is 34.1 Å². The molecule has 1 N–H and O–H groups in total. The number of halogens is 1. The molecule has 0 bridgehead atoms. The Kier molecular flexibility index (Phi) is 3.07. The highest BCUT2D eigenvalue weighted by Crippen LogP contribution is 2.31. The molecule has 0 aliphatic rings. The summed E-state index contributed by atoms with van der Waals surface area (Å²) in [6.45, 7) is 0. The van der Waals surface area contributed by atoms with Crippen LogP contribution < -0.4 is 4.74 Å². The highest BCUT2D eigenvalue weighted by atomic mass is 79.9. The Morgan fingerprint density at radius 3 is 3.05 bits per heavy atom. The van der Waals surface area contributed by atoms with Crippen molar-refractivity contribution in [1.29, 1.82) is 0 Å². The van der Waals surface area contributed by atoms with Gasteiger partial charge in [-0.25, -0.2) is 9.78 Å². The average molecular weight is 335 g/mol. The molecule has 0 saturated carbocycles. The molecule has 7 nitrogen and oxygen atoms in total. The van der Waals surface area contributed by atoms with E-state index >= 15 is 0 Å². The van der Waals surface area contributed by atoms with Gasteiger partial charge in [0, 0.05) is 12.4 Å². The molecule has 0 aliphatic carbocycles. The van der Waals surface area contributed by atoms with E-state index in [0.717, 1.165) is 0 Å². The highest BCUT2D eigenvalue weighted by Gasteiger charge is 2.12. The summed E-state index contributed by atoms with van der Waals surface area (Å²) in [7, 11) is 0. The van der Waals surface area contributed by atoms with Crippen LogP contribution in [0.5, 0.6) is 11.6 Å². The van der Waals surface area contributed by atoms with Crippen molar-refractivity contribution < 1.29 is 14.6 Å². The van der Waals surface area contributed by atoms with Crippen LogP contribution in [0.4, 0.5) is 0 Å². The van der Waals surface area contributed by atoms with Gasteiger partial charge in [0.2, 0.25) is 5.65 Å². The average Bonchev–Trinajstić information content (AvgIpc) is 2.90. The van der Waals surface area contributed by atoms with Crippen molar-refractivity contribution in [2.75, 3.05) is 0 Å². The van der Waals surface area contributed by atoms with E-state index in [1.165, 1.54) is 18.5 Å². The second kappa shape index (κ2) is 4.89. The smallest absolute Gasteiger partial charge is 0.335 e. The van der Waals surface area contributed by atoms with Crippen molar-refractivity contribution >= 4 is 27.5 Å². The molecular weight excluding hydrogens is 328 g/mol. The zero-order valence-corrected chi connectivity index (χ0v) is 11.5. The van der Waals surface area contributed by atoms with Crippen molar-refractivity contribution in [2.45, 2.75) is 0 Å². The van der Waals surface area contributed by atoms with Crippen molar-refractivity contribution in [3.63, 3.8) is 0 Å². The minimum atomic E-state index is -1.03. The predicted molar refractivity (Wildman–Crippen MR) is 72.0 cm³/mol. The fourth-order valence-electron chi connectivity index (χ4n) is 1.63. The molecule has 2 heterocycles. The molecule has 100 valence electrons. The maximum atomic E-state index is 11.0. The Morgan fingerprint density at radius 2 is 2.25 bits per heavy atom. The lowest BCUT2D eigenvalue weighted by molar-refractivity contribution is 0.0696. The number of nitrogens with zero attached hydrogens (tertiary/aromatic N) is 4. The van der Waals surface area contributed by atoms with E-state index in [1.807, 2.05) is 0 Å². The molecule has 0 radical (unpaired) electrons. The first-order valence-electron chi connectivity index (χ1n) is 5.50. The second-order valence-corrected chi connectivity index (χ2v) is 4.70. The number of aromatic carboxylic acids is 1. The molecule has 2 aromatic heterocycles. The van der Waals surface area contributed by atoms with Gasteiger partial charge in [-0.3, -0.25) is 4.40 Å². The van der Waals surface area contributed by atoms with Gasteiger partial charge in [-0.15, -0.1) is 10.2 Å². The van der Waals surface area contributed by atoms with Gasteiger partial charge < -0.3 is 9.84 Å². The zero-order valence-electron chi connectivity index (χ0n) is 9.89. The highest BCUT2D eigenvalue weighted by molar-refractivity contribution is 9.10. The molecule has 1 aromatic carbocycles. The van der Waals surface area contributed by atoms with E-state index in [1.54, 1.807) is 22.9 Å². The van der Waals surface area contributed by atoms with E-state index in [-0.39, 0.29) is 11.4 Å². The van der Waals surface area contributed by atoms with Crippen LogP contribution in [0.2, 0.25) is 0 Å². The Balaban J connectivity index is 2.04. The Labute approximate surface area is 121 Å². The quantitative estimate of drug-likeness (QED) is 0.790. The Bertz CT molecular complexity index is 802. The van der Waals surface area contributed by atoms with Crippen LogP contribution in [0, 0.1) is 0 Å². The van der Waals surface area contributed by atoms with Gasteiger partial charge in [0.1, 0.15) is 12.1 Å². The third kappa shape index (κ3) is 2.21. The van der Waals surface area contributed by atoms with Crippen molar-refractivity contribution in [1.82, 2.24) is 19.6 Å². The number of hydrogen-bond donors (Lipinski definition) is 1. The molecule has 0 atom stereocenters. The van der Waals surface area contributed by atoms with Crippen LogP contribution in [0.25, 0.3) is 5.65 Å². The summed E-state index contributed by atoms with van der Waals surface area (Å²) in [6, 6.07) is 4.49. The van der Waals surface area contributed by atoms with E-state index in [4.69, 9.17) is 9.84 Å². The van der Waals surface area contributed by atoms with Crippen molar-refractivity contribution in [3.8, 4) is 11.6 Å². The topological polar surface area (TPSA) is 89.6 Å². The zero-order chi connectivity index (χ0) is 14.1. The number of hydrogen-bond acceptors (Lipinski definition) is 5. The number of ether oxygens (including phenoxy) is 1. The number of aromatic nitrogens is 4. The minimum absolute atomic E-state index is 0.122. The number of carboxylic acid groups (broad SMARTS) is 1. The second-order valence-electron chi connectivity index (χ2n) is 3.85. The first-order valence-corrected chi connectivity index (χ1v) is 6.29. The molecule has 3 rings (SSSR count). The summed E-state index contributed by atoms with van der Waals surface area (Å²) in [4.78, 5) is 15.1. The summed E-state index contributed by atoms with van der Waals surface area (Å²) in [5.74, 6) is -0.447. The van der Waals surface area contributed by atoms with Gasteiger partial charge in [-0.1, -0.05) is 0 Å². The predicted octanol–water partition coefficient (Wildman–Crippen LogP) is 2.38. The van der Waals surface area contributed by atoms with Crippen LogP contribution in [-0.4, -0.2) is 30.7 Å². The lowest BCUT2D eigenvalue weighted by atomic mass is 10.2. The minimum Gasteiger partial charge on any atom is -0.478 e. The first-order chi connectivity index (χ1) is 9.65. The van der Waals surface area contributed by atoms with E-state index < -0.39 is 5.97 Å². The lowest BCUT2D eigenvalue weighted by Crippen LogP contribution is -1.98. The number of rotatable bonds is 3. The van der Waals surface area contributed by atoms with Gasteiger partial charge in [0.25, 0.3) is 5.88 Å². The molecular formula is C12H7BrN4O3. The summed E-state index contributed by atoms with van der Waals surface area (Å²) in [6.07, 6.45) is 4.75. The Morgan fingerprint density at radius 1 is 1.40 bits per heavy atom. The van der Waals surface area contributed by atoms with E-state index in [9.17, 15) is 4.79 Å². The maximum Gasteiger partial charge on any atom is 0.335 e. The summed E-state index contributed by atoms with van der Waals surface area (Å²) in [5.41, 5.74) is 0.566. The maximum absolute atomic E-state index is 11.0. The summed E-state index contributed by atoms with van der Waals surface area (Å²) in [5, 5.41) is 16.6. The van der Waals surface area contributed by atoms with Gasteiger partial charge in [0.15, 0.2) is 0 Å². The molecule has 0 fully saturated rings. The molecule has 0 spiro atoms. The fourth-order valence-corrected chi connectivity index (χ4v) is 1.95. The van der Waals surface area contributed by atoms with Crippen molar-refractivity contribution in [3.05, 3.63) is 47.0 Å². The number of carbonyl (C=O) groups is 1. The molecule has 8 heteroatoms. The van der Waals surface area contributed by atoms with Crippen LogP contribution in [0.15, 0.2) is 41.4 Å². The molecule has 0 saturated heterocycles. The molecule has 0 amide bonds. The fraction of sp³-hybridized carbons (Fsp3) is 0. The number of fused-ring (bicyclic) bond motifs is 1. The summed E-state index contributed by atoms with van der Waals surface area (Å²) < 4.78 is 7.89. The monoisotopic (exact) mass is 334 g/mol. The molecule has 20 heavy (non-hydrogen) atoms. The molecule has 3 aromatic rings. The molecule has 0 aliphatic heterocycles. The van der Waals surface area contributed by atoms with Gasteiger partial charge >= 0.3 is 5.97 Å². The summed E-state index contributed by atoms with van der Waals surface area (Å²) >= 11 is 3.30. The van der Waals surface area contributed by atoms with Crippen LogP contribution in [-0.2, 0) is 0 Å². The van der Waals surface area contributed by atoms with Crippen LogP contribution in [0.1, 0.15) is 10.4 Å². The van der Waals surface area contributed by atoms with Crippen LogP contribution >= 0.6 is 15.9 Å². The third-order valence-electron chi connectivity index (χ3n) is 2.57. The van der Waals surface area contributed by atoms with Gasteiger partial charge in [0.05, 0.1) is 10.0 Å². The van der Waals surface area contributed by atoms with E-state index in [0.29, 0.717) is 15.9 Å².